The predicted octanol–water partition coefficient (Wildman–Crippen LogP) is 3.10. The molecule has 0 atom stereocenters. The fourth-order valence-corrected chi connectivity index (χ4v) is 2.44. The minimum Gasteiger partial charge on any atom is -0.378 e. The van der Waals surface area contributed by atoms with E-state index in [0.29, 0.717) is 6.54 Å². The fourth-order valence-electron chi connectivity index (χ4n) is 2.44. The van der Waals surface area contributed by atoms with Gasteiger partial charge in [0.05, 0.1) is 6.54 Å². The number of para-hydroxylation sites is 1. The molecule has 2 rings (SSSR count). The first-order valence-corrected chi connectivity index (χ1v) is 7.80. The lowest BCUT2D eigenvalue weighted by Gasteiger charge is -2.14. The van der Waals surface area contributed by atoms with Crippen molar-refractivity contribution in [3.05, 3.63) is 59.2 Å². The highest BCUT2D eigenvalue weighted by Gasteiger charge is 2.05. The van der Waals surface area contributed by atoms with Crippen molar-refractivity contribution >= 4 is 17.3 Å². The van der Waals surface area contributed by atoms with E-state index in [-0.39, 0.29) is 12.5 Å². The lowest BCUT2D eigenvalue weighted by Crippen LogP contribution is -2.29. The van der Waals surface area contributed by atoms with Crippen LogP contribution in [0.5, 0.6) is 0 Å². The summed E-state index contributed by atoms with van der Waals surface area (Å²) in [5.41, 5.74) is 5.58. The highest BCUT2D eigenvalue weighted by molar-refractivity contribution is 5.81. The first-order chi connectivity index (χ1) is 11.0. The highest BCUT2D eigenvalue weighted by Crippen LogP contribution is 2.18. The largest absolute Gasteiger partial charge is 0.378 e. The maximum Gasteiger partial charge on any atom is 0.239 e. The number of hydrogen-bond acceptors (Lipinski definition) is 3. The number of rotatable bonds is 6. The number of nitrogens with zero attached hydrogens (tertiary/aromatic N) is 1. The molecule has 0 spiro atoms. The predicted molar refractivity (Wildman–Crippen MR) is 97.0 cm³/mol. The molecule has 0 radical (unpaired) electrons. The fraction of sp³-hybridized carbons (Fsp3) is 0.316. The third-order valence-corrected chi connectivity index (χ3v) is 3.85. The van der Waals surface area contributed by atoms with Crippen LogP contribution < -0.4 is 15.5 Å². The van der Waals surface area contributed by atoms with Gasteiger partial charge < -0.3 is 15.5 Å². The Balaban J connectivity index is 1.83. The van der Waals surface area contributed by atoms with Crippen molar-refractivity contribution in [3.8, 4) is 0 Å². The van der Waals surface area contributed by atoms with Crippen LogP contribution in [-0.4, -0.2) is 26.5 Å². The van der Waals surface area contributed by atoms with Crippen LogP contribution in [0.15, 0.2) is 42.5 Å². The number of carbonyl (C=O) groups is 1. The van der Waals surface area contributed by atoms with Crippen molar-refractivity contribution in [2.24, 2.45) is 0 Å². The van der Waals surface area contributed by atoms with Gasteiger partial charge in [-0.15, -0.1) is 0 Å². The second-order valence-electron chi connectivity index (χ2n) is 5.96. The molecule has 23 heavy (non-hydrogen) atoms. The summed E-state index contributed by atoms with van der Waals surface area (Å²) in [6, 6.07) is 14.3. The molecule has 0 aliphatic rings. The molecule has 2 aromatic rings. The second-order valence-corrected chi connectivity index (χ2v) is 5.96. The number of benzene rings is 2. The van der Waals surface area contributed by atoms with Gasteiger partial charge in [0, 0.05) is 32.0 Å². The Hall–Kier alpha value is -2.49. The average Bonchev–Trinajstić information content (AvgIpc) is 2.53. The summed E-state index contributed by atoms with van der Waals surface area (Å²) in [4.78, 5) is 14.1. The number of amides is 1. The Kier molecular flexibility index (Phi) is 5.63. The van der Waals surface area contributed by atoms with Gasteiger partial charge in [0.2, 0.25) is 5.91 Å². The summed E-state index contributed by atoms with van der Waals surface area (Å²) in [7, 11) is 4.02. The minimum absolute atomic E-state index is 0.00987. The van der Waals surface area contributed by atoms with Crippen molar-refractivity contribution in [1.82, 2.24) is 5.32 Å². The van der Waals surface area contributed by atoms with Crippen molar-refractivity contribution in [1.29, 1.82) is 0 Å². The second kappa shape index (κ2) is 7.68. The highest BCUT2D eigenvalue weighted by atomic mass is 16.1. The van der Waals surface area contributed by atoms with Gasteiger partial charge in [-0.2, -0.15) is 0 Å². The first kappa shape index (κ1) is 16.9. The van der Waals surface area contributed by atoms with Gasteiger partial charge in [0.1, 0.15) is 0 Å². The molecule has 1 amide bonds. The zero-order valence-corrected chi connectivity index (χ0v) is 14.3. The zero-order chi connectivity index (χ0) is 16.8. The standard InChI is InChI=1S/C19H25N3O/c1-14-6-5-7-15(2)19(14)21-13-18(23)20-12-16-8-10-17(11-9-16)22(3)4/h5-11,21H,12-13H2,1-4H3,(H,20,23). The van der Waals surface area contributed by atoms with E-state index < -0.39 is 0 Å². The number of carbonyl (C=O) groups excluding carboxylic acids is 1. The first-order valence-electron chi connectivity index (χ1n) is 7.80. The van der Waals surface area contributed by atoms with E-state index in [1.165, 1.54) is 0 Å². The third-order valence-electron chi connectivity index (χ3n) is 3.85. The Labute approximate surface area is 138 Å². The number of aryl methyl sites for hydroxylation is 2. The van der Waals surface area contributed by atoms with E-state index in [4.69, 9.17) is 0 Å². The molecule has 0 bridgehead atoms. The van der Waals surface area contributed by atoms with Crippen molar-refractivity contribution in [2.75, 3.05) is 30.9 Å². The lowest BCUT2D eigenvalue weighted by molar-refractivity contribution is -0.119. The smallest absolute Gasteiger partial charge is 0.239 e. The summed E-state index contributed by atoms with van der Waals surface area (Å²) in [5.74, 6) is -0.00987. The van der Waals surface area contributed by atoms with Gasteiger partial charge in [0.15, 0.2) is 0 Å². The van der Waals surface area contributed by atoms with Gasteiger partial charge in [-0.05, 0) is 42.7 Å². The van der Waals surface area contributed by atoms with Crippen LogP contribution in [-0.2, 0) is 11.3 Å². The maximum absolute atomic E-state index is 12.0. The quantitative estimate of drug-likeness (QED) is 0.861. The van der Waals surface area contributed by atoms with Crippen LogP contribution >= 0.6 is 0 Å². The Morgan fingerprint density at radius 2 is 1.61 bits per heavy atom. The molecule has 0 fully saturated rings. The zero-order valence-electron chi connectivity index (χ0n) is 14.3. The van der Waals surface area contributed by atoms with E-state index in [1.807, 2.05) is 58.3 Å². The summed E-state index contributed by atoms with van der Waals surface area (Å²) < 4.78 is 0. The molecule has 0 saturated heterocycles. The summed E-state index contributed by atoms with van der Waals surface area (Å²) in [6.07, 6.45) is 0. The minimum atomic E-state index is -0.00987. The summed E-state index contributed by atoms with van der Waals surface area (Å²) in [6.45, 7) is 4.90. The van der Waals surface area contributed by atoms with Gasteiger partial charge >= 0.3 is 0 Å². The molecule has 0 aliphatic carbocycles. The van der Waals surface area contributed by atoms with E-state index >= 15 is 0 Å². The molecule has 0 aromatic heterocycles. The van der Waals surface area contributed by atoms with Crippen LogP contribution in [0.4, 0.5) is 11.4 Å². The van der Waals surface area contributed by atoms with Crippen LogP contribution in [0, 0.1) is 13.8 Å². The van der Waals surface area contributed by atoms with Gasteiger partial charge in [-0.25, -0.2) is 0 Å². The van der Waals surface area contributed by atoms with Gasteiger partial charge in [-0.1, -0.05) is 30.3 Å². The average molecular weight is 311 g/mol. The summed E-state index contributed by atoms with van der Waals surface area (Å²) >= 11 is 0. The van der Waals surface area contributed by atoms with E-state index in [9.17, 15) is 4.79 Å². The van der Waals surface area contributed by atoms with Crippen molar-refractivity contribution in [3.63, 3.8) is 0 Å². The molecule has 0 unspecified atom stereocenters. The van der Waals surface area contributed by atoms with Gasteiger partial charge in [0.25, 0.3) is 0 Å². The number of hydrogen-bond donors (Lipinski definition) is 2. The van der Waals surface area contributed by atoms with E-state index in [1.54, 1.807) is 0 Å². The van der Waals surface area contributed by atoms with Crippen LogP contribution in [0.25, 0.3) is 0 Å². The van der Waals surface area contributed by atoms with E-state index in [2.05, 4.69) is 27.7 Å². The third kappa shape index (κ3) is 4.74. The molecule has 4 heteroatoms. The summed E-state index contributed by atoms with van der Waals surface area (Å²) in [5, 5.41) is 6.16. The van der Waals surface area contributed by atoms with E-state index in [0.717, 1.165) is 28.1 Å². The SMILES string of the molecule is Cc1cccc(C)c1NCC(=O)NCc1ccc(N(C)C)cc1. The Bertz CT molecular complexity index is 643. The number of anilines is 2. The van der Waals surface area contributed by atoms with Crippen molar-refractivity contribution in [2.45, 2.75) is 20.4 Å². The topological polar surface area (TPSA) is 44.4 Å². The molecule has 2 aromatic carbocycles. The van der Waals surface area contributed by atoms with Crippen LogP contribution in [0.3, 0.4) is 0 Å². The molecule has 0 aliphatic heterocycles. The molecule has 2 N–H and O–H groups in total. The van der Waals surface area contributed by atoms with Crippen LogP contribution in [0.1, 0.15) is 16.7 Å². The molecule has 0 heterocycles. The molecule has 122 valence electrons. The Morgan fingerprint density at radius 3 is 2.17 bits per heavy atom. The van der Waals surface area contributed by atoms with Crippen LogP contribution in [0.2, 0.25) is 0 Å². The number of nitrogens with one attached hydrogen (secondary N) is 2. The maximum atomic E-state index is 12.0. The Morgan fingerprint density at radius 1 is 1.00 bits per heavy atom. The molecule has 4 nitrogen and oxygen atoms in total. The molecular weight excluding hydrogens is 286 g/mol. The van der Waals surface area contributed by atoms with Gasteiger partial charge in [-0.3, -0.25) is 4.79 Å². The molecular formula is C19H25N3O. The monoisotopic (exact) mass is 311 g/mol. The lowest BCUT2D eigenvalue weighted by atomic mass is 10.1. The molecule has 0 saturated carbocycles. The normalized spacial score (nSPS) is 10.3. The van der Waals surface area contributed by atoms with Crippen molar-refractivity contribution < 1.29 is 4.79 Å².